The molecule has 1 unspecified atom stereocenters. The van der Waals surface area contributed by atoms with Crippen LogP contribution in [0.2, 0.25) is 0 Å². The van der Waals surface area contributed by atoms with Crippen LogP contribution in [0.3, 0.4) is 0 Å². The normalized spacial score (nSPS) is 20.1. The standard InChI is InChI=1S/C12H23N.C6H10N2O2S2/c1-3-7-11(8-4-1)13-12-9-5-2-6-10-12;1-8(2)5(12)3(4(7)11)6(9)10/h11-13H,1-10H2;3H,1-2H3,(H2,7,11)(H,9,10). The fraction of sp³-hybridized carbons (Fsp3) is 0.833. The van der Waals surface area contributed by atoms with Crippen molar-refractivity contribution < 1.29 is 15.2 Å². The second-order valence-electron chi connectivity index (χ2n) is 7.38. The van der Waals surface area contributed by atoms with Gasteiger partial charge >= 0.3 is 0 Å². The summed E-state index contributed by atoms with van der Waals surface area (Å²) in [5.41, 5.74) is 5.17. The van der Waals surface area contributed by atoms with Crippen molar-refractivity contribution in [1.29, 1.82) is 0 Å². The summed E-state index contributed by atoms with van der Waals surface area (Å²) in [7, 11) is 3.24. The summed E-state index contributed by atoms with van der Waals surface area (Å²) in [5.74, 6) is -2.51. The van der Waals surface area contributed by atoms with Crippen molar-refractivity contribution in [3.8, 4) is 0 Å². The molecule has 2 aliphatic carbocycles. The number of nitrogens with two attached hydrogens (primary N) is 2. The number of aliphatic carboxylic acids is 1. The van der Waals surface area contributed by atoms with Gasteiger partial charge in [-0.15, -0.1) is 0 Å². The maximum atomic E-state index is 10.5. The number of carboxylic acid groups (broad SMARTS) is 1. The fourth-order valence-corrected chi connectivity index (χ4v) is 4.14. The Morgan fingerprint density at radius 3 is 1.64 bits per heavy atom. The average Bonchev–Trinajstić information content (AvgIpc) is 2.56. The first-order valence-corrected chi connectivity index (χ1v) is 10.2. The van der Waals surface area contributed by atoms with Gasteiger partial charge in [-0.25, -0.2) is 0 Å². The summed E-state index contributed by atoms with van der Waals surface area (Å²) >= 11 is 9.32. The van der Waals surface area contributed by atoms with Gasteiger partial charge in [-0.3, -0.25) is 0 Å². The number of carboxylic acids is 1. The Labute approximate surface area is 162 Å². The van der Waals surface area contributed by atoms with E-state index in [0.717, 1.165) is 12.1 Å². The van der Waals surface area contributed by atoms with Crippen LogP contribution in [0.1, 0.15) is 64.2 Å². The summed E-state index contributed by atoms with van der Waals surface area (Å²) in [6, 6.07) is 1.99. The van der Waals surface area contributed by atoms with Gasteiger partial charge < -0.3 is 25.9 Å². The SMILES string of the molecule is C1CCC([NH2+]C2CCCCC2)CC1.CN(C)C(=S)C(C(=O)[O-])C(N)=S. The largest absolute Gasteiger partial charge is 0.549 e. The van der Waals surface area contributed by atoms with Crippen LogP contribution in [0.15, 0.2) is 0 Å². The van der Waals surface area contributed by atoms with Gasteiger partial charge in [0, 0.05) is 14.1 Å². The summed E-state index contributed by atoms with van der Waals surface area (Å²) in [4.78, 5) is 11.9. The van der Waals surface area contributed by atoms with E-state index in [9.17, 15) is 9.90 Å². The minimum absolute atomic E-state index is 0.155. The molecule has 0 aliphatic heterocycles. The fourth-order valence-electron chi connectivity index (χ4n) is 3.64. The molecule has 0 bridgehead atoms. The number of carbonyl (C=O) groups excluding carboxylic acids is 1. The van der Waals surface area contributed by atoms with Crippen LogP contribution < -0.4 is 16.2 Å². The maximum absolute atomic E-state index is 10.5. The van der Waals surface area contributed by atoms with E-state index in [1.165, 1.54) is 69.1 Å². The molecular weight excluding hydrogens is 354 g/mol. The van der Waals surface area contributed by atoms with Gasteiger partial charge in [0.2, 0.25) is 0 Å². The van der Waals surface area contributed by atoms with Crippen molar-refractivity contribution in [2.45, 2.75) is 76.3 Å². The number of hydrogen-bond donors (Lipinski definition) is 2. The number of rotatable bonds is 5. The summed E-state index contributed by atoms with van der Waals surface area (Å²) in [6.07, 6.45) is 15.0. The molecule has 0 radical (unpaired) electrons. The van der Waals surface area contributed by atoms with Gasteiger partial charge in [-0.1, -0.05) is 37.3 Å². The van der Waals surface area contributed by atoms with Gasteiger partial charge in [-0.2, -0.15) is 0 Å². The van der Waals surface area contributed by atoms with E-state index in [2.05, 4.69) is 17.5 Å². The van der Waals surface area contributed by atoms with E-state index in [4.69, 9.17) is 18.0 Å². The van der Waals surface area contributed by atoms with Crippen molar-refractivity contribution in [2.24, 2.45) is 11.7 Å². The predicted octanol–water partition coefficient (Wildman–Crippen LogP) is 0.743. The van der Waals surface area contributed by atoms with Crippen molar-refractivity contribution in [3.05, 3.63) is 0 Å². The Morgan fingerprint density at radius 1 is 1.00 bits per heavy atom. The lowest BCUT2D eigenvalue weighted by molar-refractivity contribution is -0.725. The van der Waals surface area contributed by atoms with Crippen molar-refractivity contribution in [1.82, 2.24) is 4.90 Å². The highest BCUT2D eigenvalue weighted by Gasteiger charge is 2.23. The first-order valence-electron chi connectivity index (χ1n) is 9.39. The van der Waals surface area contributed by atoms with Gasteiger partial charge in [-0.05, 0) is 51.4 Å². The summed E-state index contributed by atoms with van der Waals surface area (Å²) in [5, 5.41) is 13.2. The van der Waals surface area contributed by atoms with Crippen molar-refractivity contribution in [3.63, 3.8) is 0 Å². The smallest absolute Gasteiger partial charge is 0.0991 e. The van der Waals surface area contributed by atoms with E-state index in [-0.39, 0.29) is 9.98 Å². The van der Waals surface area contributed by atoms with Crippen LogP contribution in [0.4, 0.5) is 0 Å². The minimum Gasteiger partial charge on any atom is -0.549 e. The van der Waals surface area contributed by atoms with E-state index >= 15 is 0 Å². The molecule has 7 heteroatoms. The molecule has 0 saturated heterocycles. The van der Waals surface area contributed by atoms with Crippen LogP contribution >= 0.6 is 24.4 Å². The number of quaternary nitrogens is 1. The molecule has 25 heavy (non-hydrogen) atoms. The molecule has 0 aromatic heterocycles. The molecule has 0 aromatic carbocycles. The number of carbonyl (C=O) groups is 1. The Morgan fingerprint density at radius 2 is 1.40 bits per heavy atom. The van der Waals surface area contributed by atoms with Crippen LogP contribution in [-0.4, -0.2) is 47.0 Å². The molecule has 144 valence electrons. The van der Waals surface area contributed by atoms with E-state index in [1.54, 1.807) is 14.1 Å². The van der Waals surface area contributed by atoms with Gasteiger partial charge in [0.1, 0.15) is 0 Å². The number of nitrogens with zero attached hydrogens (tertiary/aromatic N) is 1. The van der Waals surface area contributed by atoms with E-state index in [0.29, 0.717) is 0 Å². The molecule has 1 atom stereocenters. The molecule has 0 aromatic rings. The third-order valence-electron chi connectivity index (χ3n) is 5.05. The average molecular weight is 388 g/mol. The summed E-state index contributed by atoms with van der Waals surface area (Å²) in [6.45, 7) is 0. The minimum atomic E-state index is -1.36. The lowest BCUT2D eigenvalue weighted by Crippen LogP contribution is -2.95. The van der Waals surface area contributed by atoms with Crippen molar-refractivity contribution in [2.75, 3.05) is 14.1 Å². The Balaban J connectivity index is 0.000000252. The van der Waals surface area contributed by atoms with Crippen molar-refractivity contribution >= 4 is 40.4 Å². The van der Waals surface area contributed by atoms with Gasteiger partial charge in [0.15, 0.2) is 0 Å². The highest BCUT2D eigenvalue weighted by molar-refractivity contribution is 7.82. The quantitative estimate of drug-likeness (QED) is 0.677. The Hall–Kier alpha value is -0.790. The number of thiocarbonyl (C=S) groups is 2. The second kappa shape index (κ2) is 11.8. The summed E-state index contributed by atoms with van der Waals surface area (Å²) < 4.78 is 0. The molecular formula is C18H33N3O2S2. The Kier molecular flexibility index (Phi) is 10.5. The van der Waals surface area contributed by atoms with E-state index in [1.807, 2.05) is 0 Å². The van der Waals surface area contributed by atoms with Crippen LogP contribution in [0.25, 0.3) is 0 Å². The van der Waals surface area contributed by atoms with E-state index < -0.39 is 11.9 Å². The molecule has 0 heterocycles. The molecule has 5 nitrogen and oxygen atoms in total. The lowest BCUT2D eigenvalue weighted by Gasteiger charge is -2.27. The monoisotopic (exact) mass is 387 g/mol. The molecule has 2 saturated carbocycles. The Bertz CT molecular complexity index is 416. The first kappa shape index (κ1) is 22.3. The first-order chi connectivity index (χ1) is 11.8. The second-order valence-corrected chi connectivity index (χ2v) is 8.27. The number of hydrogen-bond acceptors (Lipinski definition) is 4. The van der Waals surface area contributed by atoms with Crippen LogP contribution in [0, 0.1) is 5.92 Å². The van der Waals surface area contributed by atoms with Crippen LogP contribution in [-0.2, 0) is 4.79 Å². The highest BCUT2D eigenvalue weighted by Crippen LogP contribution is 2.18. The zero-order valence-corrected chi connectivity index (χ0v) is 17.2. The highest BCUT2D eigenvalue weighted by atomic mass is 32.1. The molecule has 2 fully saturated rings. The molecule has 2 aliphatic rings. The lowest BCUT2D eigenvalue weighted by atomic mass is 9.91. The molecule has 2 rings (SSSR count). The predicted molar refractivity (Wildman–Crippen MR) is 107 cm³/mol. The topological polar surface area (TPSA) is 86.0 Å². The van der Waals surface area contributed by atoms with Gasteiger partial charge in [0.25, 0.3) is 0 Å². The third kappa shape index (κ3) is 8.42. The maximum Gasteiger partial charge on any atom is 0.0991 e. The zero-order chi connectivity index (χ0) is 18.8. The molecule has 0 spiro atoms. The third-order valence-corrected chi connectivity index (χ3v) is 5.89. The van der Waals surface area contributed by atoms with Gasteiger partial charge in [0.05, 0.1) is 33.9 Å². The molecule has 4 N–H and O–H groups in total. The van der Waals surface area contributed by atoms with Crippen LogP contribution in [0.5, 0.6) is 0 Å². The zero-order valence-electron chi connectivity index (χ0n) is 15.5. The molecule has 0 amide bonds.